The van der Waals surface area contributed by atoms with Crippen LogP contribution in [0.1, 0.15) is 18.2 Å². The van der Waals surface area contributed by atoms with Crippen molar-refractivity contribution in [3.63, 3.8) is 0 Å². The Hall–Kier alpha value is -3.33. The standard InChI is InChI=1S/C25H24N2O/c1-4-22-24(19-11-6-5-7-12-19)25(20-14-16-21(28-3)17-15-20)26-27(22)23-13-9-8-10-18(23)2/h5-17H,4H2,1-3H3. The number of hydrogen-bond donors (Lipinski definition) is 0. The van der Waals surface area contributed by atoms with Crippen molar-refractivity contribution in [3.05, 3.63) is 90.1 Å². The normalized spacial score (nSPS) is 10.8. The fourth-order valence-corrected chi connectivity index (χ4v) is 3.64. The van der Waals surface area contributed by atoms with Gasteiger partial charge >= 0.3 is 0 Å². The third-order valence-electron chi connectivity index (χ3n) is 5.09. The van der Waals surface area contributed by atoms with E-state index in [1.165, 1.54) is 22.4 Å². The molecule has 0 radical (unpaired) electrons. The minimum Gasteiger partial charge on any atom is -0.497 e. The first-order valence-electron chi connectivity index (χ1n) is 9.60. The smallest absolute Gasteiger partial charge is 0.118 e. The molecule has 0 fully saturated rings. The molecule has 3 aromatic carbocycles. The summed E-state index contributed by atoms with van der Waals surface area (Å²) in [6.07, 6.45) is 0.891. The van der Waals surface area contributed by atoms with Crippen LogP contribution in [0.15, 0.2) is 78.9 Å². The van der Waals surface area contributed by atoms with Gasteiger partial charge < -0.3 is 4.74 Å². The lowest BCUT2D eigenvalue weighted by molar-refractivity contribution is 0.415. The molecule has 4 rings (SSSR count). The van der Waals surface area contributed by atoms with Crippen LogP contribution in [0.25, 0.3) is 28.1 Å². The topological polar surface area (TPSA) is 27.1 Å². The predicted molar refractivity (Wildman–Crippen MR) is 115 cm³/mol. The molecule has 0 spiro atoms. The maximum absolute atomic E-state index is 5.33. The maximum atomic E-state index is 5.33. The van der Waals surface area contributed by atoms with E-state index in [2.05, 4.69) is 79.2 Å². The van der Waals surface area contributed by atoms with E-state index in [1.54, 1.807) is 7.11 Å². The molecule has 0 bridgehead atoms. The van der Waals surface area contributed by atoms with Crippen molar-refractivity contribution in [2.45, 2.75) is 20.3 Å². The molecule has 3 heteroatoms. The van der Waals surface area contributed by atoms with E-state index in [0.717, 1.165) is 29.1 Å². The molecule has 28 heavy (non-hydrogen) atoms. The van der Waals surface area contributed by atoms with Gasteiger partial charge in [-0.15, -0.1) is 0 Å². The molecule has 0 saturated heterocycles. The fraction of sp³-hybridized carbons (Fsp3) is 0.160. The largest absolute Gasteiger partial charge is 0.497 e. The Kier molecular flexibility index (Phi) is 4.98. The summed E-state index contributed by atoms with van der Waals surface area (Å²) in [4.78, 5) is 0. The van der Waals surface area contributed by atoms with Crippen LogP contribution in [-0.2, 0) is 6.42 Å². The molecular weight excluding hydrogens is 344 g/mol. The average Bonchev–Trinajstić information content (AvgIpc) is 3.14. The highest BCUT2D eigenvalue weighted by molar-refractivity contribution is 5.83. The molecular formula is C25H24N2O. The van der Waals surface area contributed by atoms with E-state index in [0.29, 0.717) is 0 Å². The van der Waals surface area contributed by atoms with Gasteiger partial charge in [0.05, 0.1) is 18.5 Å². The van der Waals surface area contributed by atoms with Crippen molar-refractivity contribution >= 4 is 0 Å². The van der Waals surface area contributed by atoms with Crippen LogP contribution in [0.4, 0.5) is 0 Å². The quantitative estimate of drug-likeness (QED) is 0.426. The molecule has 0 N–H and O–H groups in total. The number of hydrogen-bond acceptors (Lipinski definition) is 2. The van der Waals surface area contributed by atoms with Gasteiger partial charge in [-0.2, -0.15) is 5.10 Å². The monoisotopic (exact) mass is 368 g/mol. The number of nitrogens with zero attached hydrogens (tertiary/aromatic N) is 2. The van der Waals surface area contributed by atoms with Crippen LogP contribution >= 0.6 is 0 Å². The van der Waals surface area contributed by atoms with Gasteiger partial charge in [0.2, 0.25) is 0 Å². The zero-order chi connectivity index (χ0) is 19.5. The van der Waals surface area contributed by atoms with Crippen LogP contribution in [0, 0.1) is 6.92 Å². The van der Waals surface area contributed by atoms with Crippen LogP contribution in [-0.4, -0.2) is 16.9 Å². The minimum atomic E-state index is 0.846. The Balaban J connectivity index is 2.00. The molecule has 3 nitrogen and oxygen atoms in total. The van der Waals surface area contributed by atoms with Crippen LogP contribution < -0.4 is 4.74 Å². The van der Waals surface area contributed by atoms with E-state index < -0.39 is 0 Å². The predicted octanol–water partition coefficient (Wildman–Crippen LogP) is 6.09. The summed E-state index contributed by atoms with van der Waals surface area (Å²) in [5.41, 5.74) is 8.00. The molecule has 1 heterocycles. The summed E-state index contributed by atoms with van der Waals surface area (Å²) in [6, 6.07) is 27.1. The highest BCUT2D eigenvalue weighted by Crippen LogP contribution is 2.37. The van der Waals surface area contributed by atoms with E-state index in [-0.39, 0.29) is 0 Å². The highest BCUT2D eigenvalue weighted by Gasteiger charge is 2.21. The Labute approximate surface area is 166 Å². The third-order valence-corrected chi connectivity index (χ3v) is 5.09. The minimum absolute atomic E-state index is 0.846. The van der Waals surface area contributed by atoms with Gasteiger partial charge in [-0.05, 0) is 54.8 Å². The summed E-state index contributed by atoms with van der Waals surface area (Å²) in [5, 5.41) is 5.09. The lowest BCUT2D eigenvalue weighted by Crippen LogP contribution is -2.03. The molecule has 0 aliphatic heterocycles. The van der Waals surface area contributed by atoms with Crippen molar-refractivity contribution in [1.82, 2.24) is 9.78 Å². The Morgan fingerprint density at radius 1 is 0.821 bits per heavy atom. The summed E-state index contributed by atoms with van der Waals surface area (Å²) in [6.45, 7) is 4.32. The van der Waals surface area contributed by atoms with E-state index in [9.17, 15) is 0 Å². The first-order chi connectivity index (χ1) is 13.7. The van der Waals surface area contributed by atoms with Gasteiger partial charge in [0.15, 0.2) is 0 Å². The van der Waals surface area contributed by atoms with Gasteiger partial charge in [0.1, 0.15) is 11.4 Å². The Morgan fingerprint density at radius 2 is 1.50 bits per heavy atom. The summed E-state index contributed by atoms with van der Waals surface area (Å²) in [5.74, 6) is 0.846. The van der Waals surface area contributed by atoms with Crippen molar-refractivity contribution < 1.29 is 4.74 Å². The Bertz CT molecular complexity index is 1080. The van der Waals surface area contributed by atoms with Crippen LogP contribution in [0.5, 0.6) is 5.75 Å². The van der Waals surface area contributed by atoms with Gasteiger partial charge in [0.25, 0.3) is 0 Å². The summed E-state index contributed by atoms with van der Waals surface area (Å²) < 4.78 is 7.44. The van der Waals surface area contributed by atoms with Crippen molar-refractivity contribution in [2.24, 2.45) is 0 Å². The van der Waals surface area contributed by atoms with Crippen LogP contribution in [0.2, 0.25) is 0 Å². The summed E-state index contributed by atoms with van der Waals surface area (Å²) >= 11 is 0. The van der Waals surface area contributed by atoms with Gasteiger partial charge in [-0.3, -0.25) is 0 Å². The second-order valence-corrected chi connectivity index (χ2v) is 6.82. The fourth-order valence-electron chi connectivity index (χ4n) is 3.64. The molecule has 0 aliphatic carbocycles. The van der Waals surface area contributed by atoms with Crippen molar-refractivity contribution in [3.8, 4) is 33.8 Å². The van der Waals surface area contributed by atoms with Crippen molar-refractivity contribution in [2.75, 3.05) is 7.11 Å². The molecule has 0 saturated carbocycles. The van der Waals surface area contributed by atoms with E-state index in [1.807, 2.05) is 18.2 Å². The first kappa shape index (κ1) is 18.1. The number of aromatic nitrogens is 2. The molecule has 0 unspecified atom stereocenters. The average molecular weight is 368 g/mol. The summed E-state index contributed by atoms with van der Waals surface area (Å²) in [7, 11) is 1.69. The van der Waals surface area contributed by atoms with Crippen LogP contribution in [0.3, 0.4) is 0 Å². The number of benzene rings is 3. The Morgan fingerprint density at radius 3 is 2.14 bits per heavy atom. The third kappa shape index (κ3) is 3.20. The number of ether oxygens (including phenoxy) is 1. The van der Waals surface area contributed by atoms with Gasteiger partial charge in [0, 0.05) is 11.1 Å². The maximum Gasteiger partial charge on any atom is 0.118 e. The number of methoxy groups -OCH3 is 1. The molecule has 0 amide bonds. The zero-order valence-electron chi connectivity index (χ0n) is 16.5. The highest BCUT2D eigenvalue weighted by atomic mass is 16.5. The molecule has 0 atom stereocenters. The lowest BCUT2D eigenvalue weighted by atomic mass is 9.98. The lowest BCUT2D eigenvalue weighted by Gasteiger charge is -2.10. The second kappa shape index (κ2) is 7.73. The van der Waals surface area contributed by atoms with E-state index in [4.69, 9.17) is 9.84 Å². The SMILES string of the molecule is CCc1c(-c2ccccc2)c(-c2ccc(OC)cc2)nn1-c1ccccc1C. The molecule has 0 aliphatic rings. The first-order valence-corrected chi connectivity index (χ1v) is 9.60. The second-order valence-electron chi connectivity index (χ2n) is 6.82. The number of para-hydroxylation sites is 1. The number of rotatable bonds is 5. The van der Waals surface area contributed by atoms with Gasteiger partial charge in [-0.25, -0.2) is 4.68 Å². The molecule has 140 valence electrons. The number of aryl methyl sites for hydroxylation is 1. The molecule has 1 aromatic heterocycles. The van der Waals surface area contributed by atoms with Crippen molar-refractivity contribution in [1.29, 1.82) is 0 Å². The molecule has 4 aromatic rings. The zero-order valence-corrected chi connectivity index (χ0v) is 16.5. The van der Waals surface area contributed by atoms with Gasteiger partial charge in [-0.1, -0.05) is 55.5 Å². The van der Waals surface area contributed by atoms with E-state index >= 15 is 0 Å².